The molecule has 4 aromatic rings. The van der Waals surface area contributed by atoms with Gasteiger partial charge in [-0.2, -0.15) is 0 Å². The van der Waals surface area contributed by atoms with E-state index in [2.05, 4.69) is 25.7 Å². The molecule has 146 valence electrons. The van der Waals surface area contributed by atoms with E-state index in [9.17, 15) is 19.1 Å². The molecule has 10 nitrogen and oxygen atoms in total. The molecule has 0 aliphatic rings. The van der Waals surface area contributed by atoms with Gasteiger partial charge in [0, 0.05) is 25.5 Å². The minimum absolute atomic E-state index is 0.100. The van der Waals surface area contributed by atoms with Gasteiger partial charge in [-0.3, -0.25) is 9.36 Å². The van der Waals surface area contributed by atoms with Crippen molar-refractivity contribution in [2.45, 2.75) is 0 Å². The standard InChI is InChI=1S/C18H14FN7O3/c1-20-12-8-14(24-26-13(18(28)29)9-22-16(12)26)23-11-5-3-7-25(17(11)27)15-10(19)4-2-6-21-15/h2-9,20H,1H3,(H,23,24)(H,28,29). The molecular formula is C18H14FN7O3. The number of halogens is 1. The van der Waals surface area contributed by atoms with E-state index < -0.39 is 17.3 Å². The molecule has 0 radical (unpaired) electrons. The van der Waals surface area contributed by atoms with Crippen LogP contribution in [0.2, 0.25) is 0 Å². The molecule has 29 heavy (non-hydrogen) atoms. The molecule has 0 bridgehead atoms. The Bertz CT molecular complexity index is 1300. The number of carboxylic acid groups (broad SMARTS) is 1. The Morgan fingerprint density at radius 3 is 2.76 bits per heavy atom. The summed E-state index contributed by atoms with van der Waals surface area (Å²) in [5.41, 5.74) is 0.227. The number of carbonyl (C=O) groups is 1. The third kappa shape index (κ3) is 3.14. The summed E-state index contributed by atoms with van der Waals surface area (Å²) < 4.78 is 16.3. The molecule has 0 fully saturated rings. The zero-order valence-electron chi connectivity index (χ0n) is 15.0. The zero-order valence-corrected chi connectivity index (χ0v) is 15.0. The summed E-state index contributed by atoms with van der Waals surface area (Å²) >= 11 is 0. The summed E-state index contributed by atoms with van der Waals surface area (Å²) in [7, 11) is 1.65. The van der Waals surface area contributed by atoms with E-state index in [1.165, 1.54) is 36.8 Å². The van der Waals surface area contributed by atoms with Crippen molar-refractivity contribution in [2.24, 2.45) is 0 Å². The van der Waals surface area contributed by atoms with E-state index in [0.717, 1.165) is 9.08 Å². The average Bonchev–Trinajstić information content (AvgIpc) is 3.14. The van der Waals surface area contributed by atoms with Crippen LogP contribution < -0.4 is 16.2 Å². The van der Waals surface area contributed by atoms with Crippen LogP contribution in [0.3, 0.4) is 0 Å². The van der Waals surface area contributed by atoms with Crippen LogP contribution in [0.25, 0.3) is 11.5 Å². The molecule has 0 saturated heterocycles. The number of aromatic nitrogens is 5. The molecule has 0 aromatic carbocycles. The lowest BCUT2D eigenvalue weighted by Crippen LogP contribution is -2.22. The van der Waals surface area contributed by atoms with Gasteiger partial charge in [0.1, 0.15) is 5.69 Å². The van der Waals surface area contributed by atoms with E-state index in [0.29, 0.717) is 11.3 Å². The Labute approximate surface area is 162 Å². The highest BCUT2D eigenvalue weighted by Crippen LogP contribution is 2.21. The van der Waals surface area contributed by atoms with Crippen LogP contribution in [0.5, 0.6) is 0 Å². The van der Waals surface area contributed by atoms with Gasteiger partial charge < -0.3 is 15.7 Å². The number of hydrogen-bond acceptors (Lipinski definition) is 7. The second-order valence-electron chi connectivity index (χ2n) is 5.91. The largest absolute Gasteiger partial charge is 0.476 e. The number of imidazole rings is 1. The zero-order chi connectivity index (χ0) is 20.5. The molecule has 0 aliphatic heterocycles. The quantitative estimate of drug-likeness (QED) is 0.468. The van der Waals surface area contributed by atoms with Crippen LogP contribution in [0, 0.1) is 5.82 Å². The Morgan fingerprint density at radius 2 is 2.03 bits per heavy atom. The Kier molecular flexibility index (Phi) is 4.39. The highest BCUT2D eigenvalue weighted by Gasteiger charge is 2.16. The molecule has 0 aliphatic carbocycles. The van der Waals surface area contributed by atoms with Gasteiger partial charge in [0.05, 0.1) is 11.9 Å². The van der Waals surface area contributed by atoms with E-state index in [4.69, 9.17) is 0 Å². The van der Waals surface area contributed by atoms with Gasteiger partial charge in [0.2, 0.25) is 0 Å². The molecule has 0 spiro atoms. The fourth-order valence-corrected chi connectivity index (χ4v) is 2.81. The second kappa shape index (κ2) is 7.03. The summed E-state index contributed by atoms with van der Waals surface area (Å²) in [6, 6.07) is 7.25. The Balaban J connectivity index is 1.81. The topological polar surface area (TPSA) is 126 Å². The highest BCUT2D eigenvalue weighted by molar-refractivity contribution is 5.88. The fraction of sp³-hybridized carbons (Fsp3) is 0.0556. The summed E-state index contributed by atoms with van der Waals surface area (Å²) in [6.45, 7) is 0. The lowest BCUT2D eigenvalue weighted by atomic mass is 10.3. The summed E-state index contributed by atoms with van der Waals surface area (Å²) in [5, 5.41) is 19.3. The van der Waals surface area contributed by atoms with E-state index in [-0.39, 0.29) is 23.0 Å². The van der Waals surface area contributed by atoms with E-state index in [1.807, 2.05) is 0 Å². The second-order valence-corrected chi connectivity index (χ2v) is 5.91. The molecular weight excluding hydrogens is 381 g/mol. The predicted octanol–water partition coefficient (Wildman–Crippen LogP) is 1.90. The molecule has 0 amide bonds. The van der Waals surface area contributed by atoms with Crippen LogP contribution in [0.15, 0.2) is 53.7 Å². The van der Waals surface area contributed by atoms with Gasteiger partial charge in [0.15, 0.2) is 28.8 Å². The van der Waals surface area contributed by atoms with Crippen LogP contribution in [0.1, 0.15) is 10.5 Å². The van der Waals surface area contributed by atoms with E-state index in [1.54, 1.807) is 19.2 Å². The van der Waals surface area contributed by atoms with Gasteiger partial charge in [0.25, 0.3) is 5.56 Å². The van der Waals surface area contributed by atoms with Crippen molar-refractivity contribution in [3.63, 3.8) is 0 Å². The van der Waals surface area contributed by atoms with Crippen LogP contribution in [0.4, 0.5) is 21.6 Å². The van der Waals surface area contributed by atoms with Crippen molar-refractivity contribution in [3.8, 4) is 5.82 Å². The molecule has 4 aromatic heterocycles. The van der Waals surface area contributed by atoms with Crippen LogP contribution in [-0.2, 0) is 0 Å². The number of hydrogen-bond donors (Lipinski definition) is 3. The molecule has 4 rings (SSSR count). The van der Waals surface area contributed by atoms with Crippen LogP contribution in [-0.4, -0.2) is 42.3 Å². The van der Waals surface area contributed by atoms with Gasteiger partial charge in [-0.1, -0.05) is 0 Å². The van der Waals surface area contributed by atoms with E-state index >= 15 is 0 Å². The van der Waals surface area contributed by atoms with Gasteiger partial charge in [-0.15, -0.1) is 5.10 Å². The third-order valence-electron chi connectivity index (χ3n) is 4.13. The average molecular weight is 395 g/mol. The molecule has 0 unspecified atom stereocenters. The summed E-state index contributed by atoms with van der Waals surface area (Å²) in [6.07, 6.45) is 3.97. The predicted molar refractivity (Wildman–Crippen MR) is 103 cm³/mol. The number of fused-ring (bicyclic) bond motifs is 1. The molecule has 0 atom stereocenters. The number of anilines is 3. The van der Waals surface area contributed by atoms with Gasteiger partial charge in [-0.25, -0.2) is 23.7 Å². The maximum atomic E-state index is 14.0. The summed E-state index contributed by atoms with van der Waals surface area (Å²) in [5.74, 6) is -1.79. The van der Waals surface area contributed by atoms with Crippen molar-refractivity contribution < 1.29 is 14.3 Å². The summed E-state index contributed by atoms with van der Waals surface area (Å²) in [4.78, 5) is 32.2. The number of carboxylic acids is 1. The number of nitrogens with zero attached hydrogens (tertiary/aromatic N) is 5. The Morgan fingerprint density at radius 1 is 1.21 bits per heavy atom. The lowest BCUT2D eigenvalue weighted by molar-refractivity contribution is 0.0688. The lowest BCUT2D eigenvalue weighted by Gasteiger charge is -2.11. The Hall–Kier alpha value is -4.28. The van der Waals surface area contributed by atoms with Gasteiger partial charge in [-0.05, 0) is 24.3 Å². The molecule has 0 saturated carbocycles. The normalized spacial score (nSPS) is 10.8. The smallest absolute Gasteiger partial charge is 0.356 e. The number of pyridine rings is 2. The van der Waals surface area contributed by atoms with Crippen molar-refractivity contribution >= 4 is 28.8 Å². The van der Waals surface area contributed by atoms with Crippen molar-refractivity contribution in [1.29, 1.82) is 0 Å². The number of aromatic carboxylic acids is 1. The van der Waals surface area contributed by atoms with Crippen LogP contribution >= 0.6 is 0 Å². The van der Waals surface area contributed by atoms with Gasteiger partial charge >= 0.3 is 5.97 Å². The SMILES string of the molecule is CNc1cc(Nc2cccn(-c3ncccc3F)c2=O)nn2c(C(=O)O)cnc12. The fourth-order valence-electron chi connectivity index (χ4n) is 2.81. The number of rotatable bonds is 5. The first-order chi connectivity index (χ1) is 14.0. The maximum Gasteiger partial charge on any atom is 0.356 e. The number of nitrogens with one attached hydrogen (secondary N) is 2. The van der Waals surface area contributed by atoms with Crippen molar-refractivity contribution in [1.82, 2.24) is 24.1 Å². The first-order valence-electron chi connectivity index (χ1n) is 8.39. The highest BCUT2D eigenvalue weighted by atomic mass is 19.1. The molecule has 11 heteroatoms. The molecule has 4 heterocycles. The monoisotopic (exact) mass is 395 g/mol. The first-order valence-corrected chi connectivity index (χ1v) is 8.39. The van der Waals surface area contributed by atoms with Crippen molar-refractivity contribution in [2.75, 3.05) is 17.7 Å². The minimum atomic E-state index is -1.20. The first kappa shape index (κ1) is 18.1. The molecule has 3 N–H and O–H groups in total. The van der Waals surface area contributed by atoms with Crippen molar-refractivity contribution in [3.05, 3.63) is 70.8 Å². The minimum Gasteiger partial charge on any atom is -0.476 e. The third-order valence-corrected chi connectivity index (χ3v) is 4.13. The maximum absolute atomic E-state index is 14.0.